The summed E-state index contributed by atoms with van der Waals surface area (Å²) >= 11 is 10.6. The molecule has 84 valence electrons. The molecule has 0 aromatic rings. The van der Waals surface area contributed by atoms with Gasteiger partial charge in [-0.25, -0.2) is 9.76 Å². The normalized spacial score (nSPS) is 52.2. The molecule has 1 aliphatic heterocycles. The maximum Gasteiger partial charge on any atom is 0.343 e. The quantitative estimate of drug-likeness (QED) is 0.613. The van der Waals surface area contributed by atoms with Crippen molar-refractivity contribution < 1.29 is 25.5 Å². The average Bonchev–Trinajstić information content (AvgIpc) is 2.17. The third-order valence-corrected chi connectivity index (χ3v) is 2.84. The summed E-state index contributed by atoms with van der Waals surface area (Å²) in [7, 11) is -5.47. The second-order valence-electron chi connectivity index (χ2n) is 1.95. The molecule has 0 aromatic carbocycles. The summed E-state index contributed by atoms with van der Waals surface area (Å²) in [6, 6.07) is 0. The van der Waals surface area contributed by atoms with E-state index in [2.05, 4.69) is 4.52 Å². The lowest BCUT2D eigenvalue weighted by Gasteiger charge is -2.33. The molecule has 0 aliphatic carbocycles. The SMILES string of the molecule is [2H]C1([2H])CC([2H])([2H])OP(=O)(N(C([2H])([2H])C([2H])([2H])Cl)C([2H])([2H])C([2H])([2H])Cl)N1. The van der Waals surface area contributed by atoms with Gasteiger partial charge >= 0.3 is 7.67 Å². The van der Waals surface area contributed by atoms with Crippen LogP contribution in [0.4, 0.5) is 0 Å². The van der Waals surface area contributed by atoms with Gasteiger partial charge in [0, 0.05) is 44.9 Å². The molecule has 0 spiro atoms. The second-order valence-corrected chi connectivity index (χ2v) is 4.17. The van der Waals surface area contributed by atoms with Crippen molar-refractivity contribution in [1.82, 2.24) is 9.76 Å². The van der Waals surface area contributed by atoms with Crippen molar-refractivity contribution >= 4 is 30.9 Å². The first-order chi connectivity index (χ1) is 11.0. The van der Waals surface area contributed by atoms with Crippen LogP contribution in [0.25, 0.3) is 0 Å². The fraction of sp³-hybridized carbons (Fsp3) is 1.00. The summed E-state index contributed by atoms with van der Waals surface area (Å²) in [5.41, 5.74) is 0. The molecule has 0 radical (unpaired) electrons. The van der Waals surface area contributed by atoms with E-state index in [-0.39, 0.29) is 0 Å². The summed E-state index contributed by atoms with van der Waals surface area (Å²) in [5, 5.41) is 1.60. The summed E-state index contributed by atoms with van der Waals surface area (Å²) in [4.78, 5) is 0. The van der Waals surface area contributed by atoms with Crippen LogP contribution in [0.2, 0.25) is 0 Å². The predicted octanol–water partition coefficient (Wildman–Crippen LogP) is 1.88. The molecule has 1 heterocycles. The van der Waals surface area contributed by atoms with Gasteiger partial charge in [-0.15, -0.1) is 23.2 Å². The first kappa shape index (κ1) is 3.86. The molecular formula is C7H15Cl2N2O2P. The number of nitrogens with zero attached hydrogens (tertiary/aromatic N) is 1. The second kappa shape index (κ2) is 6.31. The van der Waals surface area contributed by atoms with Gasteiger partial charge in [0.05, 0.1) is 9.30 Å². The van der Waals surface area contributed by atoms with Gasteiger partial charge < -0.3 is 4.52 Å². The highest BCUT2D eigenvalue weighted by Crippen LogP contribution is 2.47. The molecule has 1 atom stereocenters. The molecular weight excluding hydrogens is 246 g/mol. The molecule has 0 amide bonds. The van der Waals surface area contributed by atoms with Gasteiger partial charge in [0.2, 0.25) is 0 Å². The third-order valence-electron chi connectivity index (χ3n) is 1.13. The van der Waals surface area contributed by atoms with Crippen molar-refractivity contribution in [2.75, 3.05) is 37.7 Å². The van der Waals surface area contributed by atoms with Crippen molar-refractivity contribution in [2.45, 2.75) is 6.42 Å². The van der Waals surface area contributed by atoms with Gasteiger partial charge in [0.15, 0.2) is 0 Å². The third kappa shape index (κ3) is 3.37. The van der Waals surface area contributed by atoms with Crippen LogP contribution in [0.3, 0.4) is 0 Å². The maximum atomic E-state index is 13.1. The van der Waals surface area contributed by atoms with Gasteiger partial charge in [0.1, 0.15) is 0 Å². The monoisotopic (exact) mass is 272 g/mol. The predicted molar refractivity (Wildman–Crippen MR) is 59.2 cm³/mol. The minimum atomic E-state index is -5.47. The Kier molecular flexibility index (Phi) is 1.74. The van der Waals surface area contributed by atoms with E-state index >= 15 is 0 Å². The summed E-state index contributed by atoms with van der Waals surface area (Å²) in [5.74, 6) is -7.00. The Morgan fingerprint density at radius 1 is 1.57 bits per heavy atom. The van der Waals surface area contributed by atoms with Crippen molar-refractivity contribution in [3.63, 3.8) is 0 Å². The fourth-order valence-corrected chi connectivity index (χ4v) is 2.04. The maximum absolute atomic E-state index is 13.1. The van der Waals surface area contributed by atoms with Crippen molar-refractivity contribution in [3.05, 3.63) is 0 Å². The Balaban J connectivity index is 3.74. The summed E-state index contributed by atoms with van der Waals surface area (Å²) in [6.07, 6.45) is -1.02. The number of alkyl halides is 2. The molecule has 0 aromatic heterocycles. The van der Waals surface area contributed by atoms with Gasteiger partial charge in [-0.1, -0.05) is 0 Å². The number of rotatable bonds is 5. The zero-order chi connectivity index (χ0) is 21.2. The highest BCUT2D eigenvalue weighted by Gasteiger charge is 2.32. The van der Waals surface area contributed by atoms with Crippen molar-refractivity contribution in [3.8, 4) is 0 Å². The van der Waals surface area contributed by atoms with Gasteiger partial charge in [0.25, 0.3) is 0 Å². The lowest BCUT2D eigenvalue weighted by Crippen LogP contribution is -2.35. The first-order valence-corrected chi connectivity index (χ1v) is 5.61. The lowest BCUT2D eigenvalue weighted by atomic mass is 10.5. The molecule has 7 heteroatoms. The molecule has 14 heavy (non-hydrogen) atoms. The lowest BCUT2D eigenvalue weighted by molar-refractivity contribution is 0.233. The average molecular weight is 273 g/mol. The Labute approximate surface area is 111 Å². The minimum Gasteiger partial charge on any atom is -0.306 e. The molecule has 4 nitrogen and oxygen atoms in total. The zero-order valence-corrected chi connectivity index (χ0v) is 9.08. The van der Waals surface area contributed by atoms with E-state index < -0.39 is 56.5 Å². The van der Waals surface area contributed by atoms with Crippen LogP contribution in [0.15, 0.2) is 0 Å². The summed E-state index contributed by atoms with van der Waals surface area (Å²) < 4.78 is 108. The highest BCUT2D eigenvalue weighted by atomic mass is 35.5. The standard InChI is InChI=1S/C7H15Cl2N2O2P/c8-2-5-11(6-3-9)14(12)10-4-1-7-13-14/h1-7H2,(H,10,12)/i2D2,3D2,4D2,5D2,6D2,7D2. The van der Waals surface area contributed by atoms with E-state index in [9.17, 15) is 4.57 Å². The van der Waals surface area contributed by atoms with Crippen LogP contribution in [-0.4, -0.2) is 42.4 Å². The molecule has 1 rings (SSSR count). The van der Waals surface area contributed by atoms with Gasteiger partial charge in [-0.3, -0.25) is 4.57 Å². The Morgan fingerprint density at radius 3 is 2.71 bits per heavy atom. The molecule has 0 bridgehead atoms. The van der Waals surface area contributed by atoms with E-state index in [0.29, 0.717) is 0 Å². The van der Waals surface area contributed by atoms with Crippen LogP contribution in [0.1, 0.15) is 22.9 Å². The Morgan fingerprint density at radius 2 is 2.21 bits per heavy atom. The Bertz CT molecular complexity index is 559. The van der Waals surface area contributed by atoms with Crippen LogP contribution in [-0.2, 0) is 9.09 Å². The minimum absolute atomic E-state index is 0.651. The number of hydrogen-bond acceptors (Lipinski definition) is 2. The summed E-state index contributed by atoms with van der Waals surface area (Å²) in [6.45, 7) is -13.4. The smallest absolute Gasteiger partial charge is 0.306 e. The van der Waals surface area contributed by atoms with E-state index in [4.69, 9.17) is 39.7 Å². The van der Waals surface area contributed by atoms with E-state index in [0.717, 1.165) is 0 Å². The molecule has 1 fully saturated rings. The van der Waals surface area contributed by atoms with Crippen molar-refractivity contribution in [1.29, 1.82) is 0 Å². The van der Waals surface area contributed by atoms with Gasteiger partial charge in [-0.05, 0) is 6.42 Å². The number of hydrogen-bond donors (Lipinski definition) is 1. The zero-order valence-electron chi connectivity index (χ0n) is 18.7. The van der Waals surface area contributed by atoms with Crippen LogP contribution >= 0.6 is 30.9 Å². The van der Waals surface area contributed by atoms with E-state index in [1.54, 1.807) is 5.09 Å². The fourth-order valence-electron chi connectivity index (χ4n) is 0.649. The van der Waals surface area contributed by atoms with Crippen molar-refractivity contribution in [2.24, 2.45) is 0 Å². The van der Waals surface area contributed by atoms with Crippen LogP contribution in [0, 0.1) is 0 Å². The largest absolute Gasteiger partial charge is 0.343 e. The topological polar surface area (TPSA) is 41.6 Å². The molecule has 1 saturated heterocycles. The molecule has 1 unspecified atom stereocenters. The van der Waals surface area contributed by atoms with Crippen LogP contribution in [0.5, 0.6) is 0 Å². The number of halogens is 2. The van der Waals surface area contributed by atoms with Gasteiger partial charge in [-0.2, -0.15) is 0 Å². The molecule has 1 N–H and O–H groups in total. The first-order valence-electron chi connectivity index (χ1n) is 9.28. The van der Waals surface area contributed by atoms with E-state index in [1.165, 1.54) is 0 Å². The van der Waals surface area contributed by atoms with E-state index in [1.807, 2.05) is 0 Å². The molecule has 0 saturated carbocycles. The Hall–Kier alpha value is 0.690. The molecule has 1 aliphatic rings. The number of nitrogens with one attached hydrogen (secondary N) is 1. The highest BCUT2D eigenvalue weighted by molar-refractivity contribution is 7.54. The van der Waals surface area contributed by atoms with Crippen LogP contribution < -0.4 is 5.09 Å².